The minimum atomic E-state index is -1.04. The molecule has 4 N–H and O–H groups in total. The highest BCUT2D eigenvalue weighted by Gasteiger charge is 2.22. The van der Waals surface area contributed by atoms with Crippen LogP contribution in [0.3, 0.4) is 0 Å². The molecule has 6 heteroatoms. The van der Waals surface area contributed by atoms with Crippen LogP contribution in [0.15, 0.2) is 66.7 Å². The molecule has 0 heterocycles. The van der Waals surface area contributed by atoms with Gasteiger partial charge in [-0.1, -0.05) is 36.9 Å². The standard InChI is InChI=1S/C19H22N2O4/c1-13(18(22)14-6-4-3-5-7-14)12-17(19(23)24)21-20-15-8-10-16(25-2)11-9-15/h3-11,17-18,20-22H,1,12H2,2H3,(H,23,24). The van der Waals surface area contributed by atoms with Gasteiger partial charge in [-0.25, -0.2) is 5.43 Å². The first kappa shape index (κ1) is 18.5. The molecule has 2 unspecified atom stereocenters. The molecule has 0 aliphatic carbocycles. The summed E-state index contributed by atoms with van der Waals surface area (Å²) in [6.45, 7) is 3.83. The van der Waals surface area contributed by atoms with Crippen LogP contribution in [0.5, 0.6) is 5.75 Å². The highest BCUT2D eigenvalue weighted by Crippen LogP contribution is 2.23. The Balaban J connectivity index is 1.95. The van der Waals surface area contributed by atoms with Gasteiger partial charge in [0, 0.05) is 5.69 Å². The van der Waals surface area contributed by atoms with Crippen molar-refractivity contribution in [2.75, 3.05) is 12.5 Å². The molecule has 0 aliphatic heterocycles. The normalized spacial score (nSPS) is 12.9. The van der Waals surface area contributed by atoms with E-state index in [0.29, 0.717) is 22.6 Å². The van der Waals surface area contributed by atoms with Gasteiger partial charge in [0.2, 0.25) is 0 Å². The van der Waals surface area contributed by atoms with Crippen molar-refractivity contribution in [3.63, 3.8) is 0 Å². The zero-order valence-electron chi connectivity index (χ0n) is 14.0. The number of anilines is 1. The van der Waals surface area contributed by atoms with Crippen LogP contribution in [0.2, 0.25) is 0 Å². The van der Waals surface area contributed by atoms with Gasteiger partial charge in [-0.05, 0) is 41.8 Å². The Morgan fingerprint density at radius 1 is 1.16 bits per heavy atom. The molecule has 132 valence electrons. The van der Waals surface area contributed by atoms with Gasteiger partial charge in [-0.2, -0.15) is 0 Å². The molecule has 0 fully saturated rings. The molecule has 6 nitrogen and oxygen atoms in total. The second-order valence-corrected chi connectivity index (χ2v) is 5.56. The molecule has 2 aromatic carbocycles. The molecule has 0 amide bonds. The fourth-order valence-corrected chi connectivity index (χ4v) is 2.29. The monoisotopic (exact) mass is 342 g/mol. The van der Waals surface area contributed by atoms with E-state index in [2.05, 4.69) is 17.4 Å². The van der Waals surface area contributed by atoms with E-state index in [1.165, 1.54) is 0 Å². The second-order valence-electron chi connectivity index (χ2n) is 5.56. The highest BCUT2D eigenvalue weighted by atomic mass is 16.5. The average molecular weight is 342 g/mol. The van der Waals surface area contributed by atoms with E-state index in [4.69, 9.17) is 4.74 Å². The summed E-state index contributed by atoms with van der Waals surface area (Å²) in [5, 5.41) is 19.7. The lowest BCUT2D eigenvalue weighted by Gasteiger charge is -2.20. The van der Waals surface area contributed by atoms with E-state index in [9.17, 15) is 15.0 Å². The second kappa shape index (κ2) is 8.86. The topological polar surface area (TPSA) is 90.8 Å². The first-order valence-corrected chi connectivity index (χ1v) is 7.80. The number of rotatable bonds is 9. The van der Waals surface area contributed by atoms with Crippen molar-refractivity contribution in [3.8, 4) is 5.75 Å². The van der Waals surface area contributed by atoms with Gasteiger partial charge in [0.05, 0.1) is 13.2 Å². The number of hydrazine groups is 1. The van der Waals surface area contributed by atoms with Crippen LogP contribution < -0.4 is 15.6 Å². The molecule has 0 saturated heterocycles. The summed E-state index contributed by atoms with van der Waals surface area (Å²) < 4.78 is 5.07. The summed E-state index contributed by atoms with van der Waals surface area (Å²) >= 11 is 0. The molecular weight excluding hydrogens is 320 g/mol. The molecule has 0 radical (unpaired) electrons. The third-order valence-electron chi connectivity index (χ3n) is 3.75. The number of aliphatic hydroxyl groups excluding tert-OH is 1. The van der Waals surface area contributed by atoms with Crippen molar-refractivity contribution in [1.29, 1.82) is 0 Å². The number of carboxylic acids is 1. The number of carbonyl (C=O) groups is 1. The molecule has 0 spiro atoms. The number of carboxylic acid groups (broad SMARTS) is 1. The Hall–Kier alpha value is -2.83. The average Bonchev–Trinajstić information content (AvgIpc) is 2.65. The highest BCUT2D eigenvalue weighted by molar-refractivity contribution is 5.74. The maximum atomic E-state index is 11.5. The summed E-state index contributed by atoms with van der Waals surface area (Å²) in [7, 11) is 1.57. The number of ether oxygens (including phenoxy) is 1. The Kier molecular flexibility index (Phi) is 6.56. The largest absolute Gasteiger partial charge is 0.497 e. The van der Waals surface area contributed by atoms with Crippen LogP contribution in [0.25, 0.3) is 0 Å². The lowest BCUT2D eigenvalue weighted by Crippen LogP contribution is -2.40. The van der Waals surface area contributed by atoms with Crippen molar-refractivity contribution in [3.05, 3.63) is 72.3 Å². The predicted molar refractivity (Wildman–Crippen MR) is 96.3 cm³/mol. The number of hydrogen-bond acceptors (Lipinski definition) is 5. The minimum absolute atomic E-state index is 0.0779. The van der Waals surface area contributed by atoms with E-state index < -0.39 is 18.1 Å². The van der Waals surface area contributed by atoms with Crippen molar-refractivity contribution in [2.24, 2.45) is 0 Å². The van der Waals surface area contributed by atoms with Crippen LogP contribution in [0.4, 0.5) is 5.69 Å². The number of aliphatic carboxylic acids is 1. The lowest BCUT2D eigenvalue weighted by atomic mass is 9.97. The van der Waals surface area contributed by atoms with E-state index in [-0.39, 0.29) is 6.42 Å². The molecule has 0 saturated carbocycles. The van der Waals surface area contributed by atoms with Gasteiger partial charge in [0.15, 0.2) is 0 Å². The number of nitrogens with one attached hydrogen (secondary N) is 2. The third-order valence-corrected chi connectivity index (χ3v) is 3.75. The van der Waals surface area contributed by atoms with Crippen molar-refractivity contribution < 1.29 is 19.7 Å². The maximum absolute atomic E-state index is 11.5. The molecule has 2 aromatic rings. The number of methoxy groups -OCH3 is 1. The summed E-state index contributed by atoms with van der Waals surface area (Å²) in [6.07, 6.45) is -0.833. The summed E-state index contributed by atoms with van der Waals surface area (Å²) in [5.41, 5.74) is 7.40. The number of benzene rings is 2. The lowest BCUT2D eigenvalue weighted by molar-refractivity contribution is -0.139. The van der Waals surface area contributed by atoms with Gasteiger partial charge < -0.3 is 20.4 Å². The molecule has 25 heavy (non-hydrogen) atoms. The van der Waals surface area contributed by atoms with Crippen molar-refractivity contribution >= 4 is 11.7 Å². The van der Waals surface area contributed by atoms with Gasteiger partial charge >= 0.3 is 5.97 Å². The van der Waals surface area contributed by atoms with Crippen molar-refractivity contribution in [2.45, 2.75) is 18.6 Å². The fourth-order valence-electron chi connectivity index (χ4n) is 2.29. The fraction of sp³-hybridized carbons (Fsp3) is 0.211. The molecular formula is C19H22N2O4. The van der Waals surface area contributed by atoms with E-state index in [1.54, 1.807) is 43.5 Å². The number of aliphatic hydroxyl groups is 1. The van der Waals surface area contributed by atoms with E-state index >= 15 is 0 Å². The zero-order chi connectivity index (χ0) is 18.2. The summed E-state index contributed by atoms with van der Waals surface area (Å²) in [4.78, 5) is 11.5. The summed E-state index contributed by atoms with van der Waals surface area (Å²) in [5.74, 6) is -0.331. The molecule has 2 atom stereocenters. The molecule has 0 aliphatic rings. The zero-order valence-corrected chi connectivity index (χ0v) is 14.0. The molecule has 0 bridgehead atoms. The van der Waals surface area contributed by atoms with Crippen molar-refractivity contribution in [1.82, 2.24) is 5.43 Å². The van der Waals surface area contributed by atoms with Gasteiger partial charge in [-0.15, -0.1) is 0 Å². The Morgan fingerprint density at radius 2 is 1.80 bits per heavy atom. The number of hydrogen-bond donors (Lipinski definition) is 4. The van der Waals surface area contributed by atoms with Crippen LogP contribution >= 0.6 is 0 Å². The predicted octanol–water partition coefficient (Wildman–Crippen LogP) is 2.74. The van der Waals surface area contributed by atoms with Crippen LogP contribution in [-0.2, 0) is 4.79 Å². The molecule has 2 rings (SSSR count). The Labute approximate surface area is 146 Å². The van der Waals surface area contributed by atoms with E-state index in [0.717, 1.165) is 0 Å². The first-order chi connectivity index (χ1) is 12.0. The van der Waals surface area contributed by atoms with Gasteiger partial charge in [0.25, 0.3) is 0 Å². The SMILES string of the molecule is C=C(CC(NNc1ccc(OC)cc1)C(=O)O)C(O)c1ccccc1. The maximum Gasteiger partial charge on any atom is 0.322 e. The first-order valence-electron chi connectivity index (χ1n) is 7.80. The smallest absolute Gasteiger partial charge is 0.322 e. The Bertz CT molecular complexity index is 701. The van der Waals surface area contributed by atoms with Gasteiger partial charge in [0.1, 0.15) is 11.8 Å². The van der Waals surface area contributed by atoms with E-state index in [1.807, 2.05) is 18.2 Å². The Morgan fingerprint density at radius 3 is 2.36 bits per heavy atom. The quantitative estimate of drug-likeness (QED) is 0.414. The summed E-state index contributed by atoms with van der Waals surface area (Å²) in [6, 6.07) is 15.1. The van der Waals surface area contributed by atoms with Crippen LogP contribution in [-0.4, -0.2) is 29.3 Å². The molecule has 0 aromatic heterocycles. The third kappa shape index (κ3) is 5.34. The van der Waals surface area contributed by atoms with Crippen LogP contribution in [0.1, 0.15) is 18.1 Å². The van der Waals surface area contributed by atoms with Crippen LogP contribution in [0, 0.1) is 0 Å². The van der Waals surface area contributed by atoms with Gasteiger partial charge in [-0.3, -0.25) is 4.79 Å². The minimum Gasteiger partial charge on any atom is -0.497 e.